The predicted octanol–water partition coefficient (Wildman–Crippen LogP) is 6.26. The number of fused-ring (bicyclic) bond motifs is 2. The van der Waals surface area contributed by atoms with E-state index in [1.54, 1.807) is 0 Å². The molecule has 2 heteroatoms. The minimum absolute atomic E-state index is 0.923. The van der Waals surface area contributed by atoms with Gasteiger partial charge < -0.3 is 9.98 Å². The van der Waals surface area contributed by atoms with Crippen molar-refractivity contribution >= 4 is 0 Å². The van der Waals surface area contributed by atoms with E-state index < -0.39 is 0 Å². The van der Waals surface area contributed by atoms with E-state index in [1.165, 1.54) is 125 Å². The van der Waals surface area contributed by atoms with Crippen LogP contribution in [0.25, 0.3) is 0 Å². The lowest BCUT2D eigenvalue weighted by Gasteiger charge is -2.26. The molecule has 146 valence electrons. The second-order valence-corrected chi connectivity index (χ2v) is 8.62. The summed E-state index contributed by atoms with van der Waals surface area (Å²) in [5, 5.41) is 9.56. The standard InChI is InChI=1S/C24H40N2/c1-2-3-4-5-6-7-8-9-10-13-19-26-22-17-12-11-15-20(22)24(25)21-16-14-18-23(21)26/h25H,2-19H2,1H3. The summed E-state index contributed by atoms with van der Waals surface area (Å²) < 4.78 is 2.68. The molecule has 3 rings (SSSR count). The molecule has 1 heterocycles. The zero-order chi connectivity index (χ0) is 18.2. The Kier molecular flexibility index (Phi) is 7.83. The fourth-order valence-corrected chi connectivity index (χ4v) is 5.12. The van der Waals surface area contributed by atoms with Crippen LogP contribution in [0.2, 0.25) is 0 Å². The van der Waals surface area contributed by atoms with Crippen LogP contribution in [0.1, 0.15) is 113 Å². The summed E-state index contributed by atoms with van der Waals surface area (Å²) in [6.07, 6.45) is 22.7. The van der Waals surface area contributed by atoms with Gasteiger partial charge in [-0.15, -0.1) is 0 Å². The summed E-state index contributed by atoms with van der Waals surface area (Å²) in [5.41, 5.74) is 5.88. The quantitative estimate of drug-likeness (QED) is 0.454. The van der Waals surface area contributed by atoms with Gasteiger partial charge in [-0.1, -0.05) is 64.7 Å². The lowest BCUT2D eigenvalue weighted by molar-refractivity contribution is 0.506. The van der Waals surface area contributed by atoms with Crippen LogP contribution in [0.5, 0.6) is 0 Å². The van der Waals surface area contributed by atoms with Crippen molar-refractivity contribution in [2.24, 2.45) is 0 Å². The van der Waals surface area contributed by atoms with Crippen molar-refractivity contribution in [3.63, 3.8) is 0 Å². The smallest absolute Gasteiger partial charge is 0.0638 e. The number of hydrogen-bond acceptors (Lipinski definition) is 1. The van der Waals surface area contributed by atoms with Gasteiger partial charge in [0.2, 0.25) is 0 Å². The Hall–Kier alpha value is -1.05. The van der Waals surface area contributed by atoms with Crippen molar-refractivity contribution in [1.29, 1.82) is 5.41 Å². The summed E-state index contributed by atoms with van der Waals surface area (Å²) in [5.74, 6) is 0. The van der Waals surface area contributed by atoms with Gasteiger partial charge in [0.1, 0.15) is 0 Å². The van der Waals surface area contributed by atoms with Gasteiger partial charge in [-0.2, -0.15) is 0 Å². The van der Waals surface area contributed by atoms with E-state index in [-0.39, 0.29) is 0 Å². The molecule has 0 atom stereocenters. The molecule has 0 saturated heterocycles. The third-order valence-corrected chi connectivity index (χ3v) is 6.62. The van der Waals surface area contributed by atoms with Crippen molar-refractivity contribution in [2.45, 2.75) is 123 Å². The van der Waals surface area contributed by atoms with Gasteiger partial charge in [0.05, 0.1) is 5.36 Å². The van der Waals surface area contributed by atoms with E-state index >= 15 is 0 Å². The lowest BCUT2D eigenvalue weighted by Crippen LogP contribution is -2.27. The highest BCUT2D eigenvalue weighted by atomic mass is 15.0. The van der Waals surface area contributed by atoms with Crippen LogP contribution >= 0.6 is 0 Å². The SMILES string of the molecule is CCCCCCCCCCCCn1c2c(c(=N)c3c1CCC3)CCCC2. The number of nitrogens with one attached hydrogen (secondary N) is 1. The number of rotatable bonds is 11. The molecule has 2 nitrogen and oxygen atoms in total. The van der Waals surface area contributed by atoms with Crippen molar-refractivity contribution in [3.05, 3.63) is 27.9 Å². The highest BCUT2D eigenvalue weighted by molar-refractivity contribution is 5.35. The maximum atomic E-state index is 8.64. The molecule has 2 aliphatic carbocycles. The second kappa shape index (κ2) is 10.3. The molecule has 0 radical (unpaired) electrons. The van der Waals surface area contributed by atoms with E-state index in [4.69, 9.17) is 5.41 Å². The van der Waals surface area contributed by atoms with Crippen molar-refractivity contribution < 1.29 is 0 Å². The molecule has 2 aliphatic rings. The van der Waals surface area contributed by atoms with Crippen LogP contribution in [0.15, 0.2) is 0 Å². The fraction of sp³-hybridized carbons (Fsp3) is 0.792. The number of hydrogen-bond donors (Lipinski definition) is 1. The van der Waals surface area contributed by atoms with Crippen molar-refractivity contribution in [2.75, 3.05) is 0 Å². The molecule has 0 aliphatic heterocycles. The molecule has 0 unspecified atom stereocenters. The topological polar surface area (TPSA) is 28.8 Å². The Labute approximate surface area is 160 Å². The molecule has 1 aromatic rings. The fourth-order valence-electron chi connectivity index (χ4n) is 5.12. The Morgan fingerprint density at radius 3 is 1.81 bits per heavy atom. The molecule has 0 aromatic carbocycles. The molecule has 0 amide bonds. The highest BCUT2D eigenvalue weighted by Crippen LogP contribution is 2.27. The Morgan fingerprint density at radius 1 is 0.654 bits per heavy atom. The van der Waals surface area contributed by atoms with Crippen molar-refractivity contribution in [3.8, 4) is 0 Å². The highest BCUT2D eigenvalue weighted by Gasteiger charge is 2.24. The Morgan fingerprint density at radius 2 is 1.15 bits per heavy atom. The van der Waals surface area contributed by atoms with Gasteiger partial charge in [0.25, 0.3) is 0 Å². The minimum atomic E-state index is 0.923. The molecule has 1 N–H and O–H groups in total. The predicted molar refractivity (Wildman–Crippen MR) is 111 cm³/mol. The van der Waals surface area contributed by atoms with E-state index in [0.29, 0.717) is 0 Å². The van der Waals surface area contributed by atoms with Gasteiger partial charge in [-0.25, -0.2) is 0 Å². The van der Waals surface area contributed by atoms with Gasteiger partial charge in [0, 0.05) is 17.9 Å². The van der Waals surface area contributed by atoms with Gasteiger partial charge in [-0.05, 0) is 62.5 Å². The number of unbranched alkanes of at least 4 members (excludes halogenated alkanes) is 9. The Balaban J connectivity index is 1.47. The van der Waals surface area contributed by atoms with Crippen LogP contribution in [0.3, 0.4) is 0 Å². The van der Waals surface area contributed by atoms with Gasteiger partial charge in [-0.3, -0.25) is 0 Å². The van der Waals surface area contributed by atoms with Crippen LogP contribution in [-0.2, 0) is 32.2 Å². The summed E-state index contributed by atoms with van der Waals surface area (Å²) in [6, 6.07) is 0. The van der Waals surface area contributed by atoms with Crippen LogP contribution in [-0.4, -0.2) is 4.57 Å². The van der Waals surface area contributed by atoms with E-state index in [9.17, 15) is 0 Å². The number of pyridine rings is 1. The van der Waals surface area contributed by atoms with Gasteiger partial charge >= 0.3 is 0 Å². The molecular weight excluding hydrogens is 316 g/mol. The first-order chi connectivity index (χ1) is 12.8. The summed E-state index contributed by atoms with van der Waals surface area (Å²) in [7, 11) is 0. The molecule has 1 aromatic heterocycles. The average Bonchev–Trinajstić information content (AvgIpc) is 3.15. The van der Waals surface area contributed by atoms with Gasteiger partial charge in [0.15, 0.2) is 0 Å². The Bertz CT molecular complexity index is 626. The minimum Gasteiger partial charge on any atom is -0.348 e. The van der Waals surface area contributed by atoms with Crippen LogP contribution in [0.4, 0.5) is 0 Å². The van der Waals surface area contributed by atoms with E-state index in [1.807, 2.05) is 0 Å². The van der Waals surface area contributed by atoms with E-state index in [2.05, 4.69) is 11.5 Å². The lowest BCUT2D eigenvalue weighted by atomic mass is 9.92. The molecule has 0 fully saturated rings. The average molecular weight is 357 g/mol. The summed E-state index contributed by atoms with van der Waals surface area (Å²) in [6.45, 7) is 3.50. The first-order valence-electron chi connectivity index (χ1n) is 11.6. The molecule has 26 heavy (non-hydrogen) atoms. The normalized spacial score (nSPS) is 15.9. The molecular formula is C24H40N2. The largest absolute Gasteiger partial charge is 0.348 e. The number of nitrogens with zero attached hydrogens (tertiary/aromatic N) is 1. The zero-order valence-electron chi connectivity index (χ0n) is 17.2. The van der Waals surface area contributed by atoms with Crippen LogP contribution < -0.4 is 5.36 Å². The van der Waals surface area contributed by atoms with Crippen LogP contribution in [0, 0.1) is 5.41 Å². The summed E-state index contributed by atoms with van der Waals surface area (Å²) >= 11 is 0. The maximum Gasteiger partial charge on any atom is 0.0638 e. The molecule has 0 bridgehead atoms. The third kappa shape index (κ3) is 4.81. The first kappa shape index (κ1) is 19.7. The maximum absolute atomic E-state index is 8.64. The van der Waals surface area contributed by atoms with E-state index in [0.717, 1.165) is 18.2 Å². The molecule has 0 spiro atoms. The zero-order valence-corrected chi connectivity index (χ0v) is 17.2. The third-order valence-electron chi connectivity index (χ3n) is 6.62. The monoisotopic (exact) mass is 356 g/mol. The second-order valence-electron chi connectivity index (χ2n) is 8.62. The number of aromatic nitrogens is 1. The first-order valence-corrected chi connectivity index (χ1v) is 11.6. The van der Waals surface area contributed by atoms with Crippen molar-refractivity contribution in [1.82, 2.24) is 4.57 Å². The molecule has 0 saturated carbocycles. The summed E-state index contributed by atoms with van der Waals surface area (Å²) in [4.78, 5) is 0.